The van der Waals surface area contributed by atoms with E-state index in [1.54, 1.807) is 11.3 Å². The van der Waals surface area contributed by atoms with Crippen LogP contribution in [0.25, 0.3) is 21.3 Å². The maximum atomic E-state index is 12.7. The van der Waals surface area contributed by atoms with E-state index in [1.807, 2.05) is 26.0 Å². The van der Waals surface area contributed by atoms with Crippen LogP contribution in [0.3, 0.4) is 0 Å². The van der Waals surface area contributed by atoms with Crippen LogP contribution in [0.5, 0.6) is 0 Å². The molecule has 1 aromatic carbocycles. The predicted octanol–water partition coefficient (Wildman–Crippen LogP) is 3.99. The summed E-state index contributed by atoms with van der Waals surface area (Å²) in [5.74, 6) is 1.13. The number of fused-ring (bicyclic) bond motifs is 1. The van der Waals surface area contributed by atoms with Crippen molar-refractivity contribution in [2.75, 3.05) is 5.73 Å². The second-order valence-corrected chi connectivity index (χ2v) is 9.22. The van der Waals surface area contributed by atoms with Crippen molar-refractivity contribution < 1.29 is 0 Å². The van der Waals surface area contributed by atoms with Crippen LogP contribution in [0, 0.1) is 13.8 Å². The third kappa shape index (κ3) is 3.25. The first-order chi connectivity index (χ1) is 12.5. The summed E-state index contributed by atoms with van der Waals surface area (Å²) in [4.78, 5) is 22.1. The Bertz CT molecular complexity index is 1140. The van der Waals surface area contributed by atoms with Gasteiger partial charge < -0.3 is 10.7 Å². The number of nitrogens with two attached hydrogens (primary N) is 1. The summed E-state index contributed by atoms with van der Waals surface area (Å²) in [7, 11) is 0. The molecule has 0 saturated carbocycles. The van der Waals surface area contributed by atoms with E-state index in [2.05, 4.69) is 32.3 Å². The molecule has 9 heteroatoms. The molecule has 3 N–H and O–H groups in total. The summed E-state index contributed by atoms with van der Waals surface area (Å²) in [5.41, 5.74) is 8.68. The van der Waals surface area contributed by atoms with Crippen LogP contribution in [-0.2, 0) is 5.75 Å². The number of hydrogen-bond donors (Lipinski definition) is 2. The molecule has 0 bridgehead atoms. The van der Waals surface area contributed by atoms with Crippen molar-refractivity contribution in [1.29, 1.82) is 0 Å². The number of nitrogen functional groups attached to an aromatic ring is 1. The number of thioether (sulfide) groups is 1. The molecule has 26 heavy (non-hydrogen) atoms. The molecule has 3 heterocycles. The summed E-state index contributed by atoms with van der Waals surface area (Å²) in [6, 6.07) is 8.21. The monoisotopic (exact) mass is 401 g/mol. The Morgan fingerprint density at radius 1 is 1.15 bits per heavy atom. The number of aromatic amines is 1. The van der Waals surface area contributed by atoms with Gasteiger partial charge in [0.05, 0.1) is 11.1 Å². The Balaban J connectivity index is 1.72. The molecule has 0 aliphatic rings. The molecule has 4 rings (SSSR count). The molecule has 0 aliphatic heterocycles. The van der Waals surface area contributed by atoms with Crippen LogP contribution in [0.1, 0.15) is 16.3 Å². The lowest BCUT2D eigenvalue weighted by molar-refractivity contribution is 1.01. The molecule has 0 unspecified atom stereocenters. The normalized spacial score (nSPS) is 11.3. The first-order valence-corrected chi connectivity index (χ1v) is 10.4. The highest BCUT2D eigenvalue weighted by atomic mass is 32.2. The molecule has 0 radical (unpaired) electrons. The van der Waals surface area contributed by atoms with Gasteiger partial charge in [0.1, 0.15) is 10.7 Å². The average Bonchev–Trinajstić information content (AvgIpc) is 3.16. The van der Waals surface area contributed by atoms with Crippen LogP contribution in [0.2, 0.25) is 0 Å². The Morgan fingerprint density at radius 3 is 2.62 bits per heavy atom. The Kier molecular flexibility index (Phi) is 4.51. The molecule has 0 atom stereocenters. The number of aryl methyl sites for hydroxylation is 2. The maximum Gasteiger partial charge on any atom is 0.260 e. The van der Waals surface area contributed by atoms with Crippen molar-refractivity contribution in [3.8, 4) is 11.1 Å². The molecular weight excluding hydrogens is 386 g/mol. The van der Waals surface area contributed by atoms with E-state index in [0.29, 0.717) is 22.1 Å². The van der Waals surface area contributed by atoms with Gasteiger partial charge in [-0.15, -0.1) is 21.5 Å². The van der Waals surface area contributed by atoms with Gasteiger partial charge in [-0.05, 0) is 19.4 Å². The quantitative estimate of drug-likeness (QED) is 0.502. The Morgan fingerprint density at radius 2 is 1.92 bits per heavy atom. The Labute approximate surface area is 161 Å². The van der Waals surface area contributed by atoms with E-state index in [1.165, 1.54) is 28.7 Å². The molecule has 0 spiro atoms. The summed E-state index contributed by atoms with van der Waals surface area (Å²) in [6.45, 7) is 4.08. The maximum absolute atomic E-state index is 12.7. The smallest absolute Gasteiger partial charge is 0.260 e. The number of nitrogens with one attached hydrogen (secondary N) is 1. The zero-order valence-corrected chi connectivity index (χ0v) is 16.5. The summed E-state index contributed by atoms with van der Waals surface area (Å²) >= 11 is 4.32. The van der Waals surface area contributed by atoms with Crippen molar-refractivity contribution in [3.05, 3.63) is 50.9 Å². The van der Waals surface area contributed by atoms with Gasteiger partial charge >= 0.3 is 0 Å². The number of thiophene rings is 1. The highest BCUT2D eigenvalue weighted by molar-refractivity contribution is 8.00. The highest BCUT2D eigenvalue weighted by Gasteiger charge is 2.17. The number of anilines is 1. The van der Waals surface area contributed by atoms with Gasteiger partial charge in [-0.1, -0.05) is 52.9 Å². The molecule has 0 aliphatic carbocycles. The fourth-order valence-corrected chi connectivity index (χ4v) is 5.28. The summed E-state index contributed by atoms with van der Waals surface area (Å²) in [5, 5.41) is 8.85. The van der Waals surface area contributed by atoms with Gasteiger partial charge in [0.25, 0.3) is 5.56 Å². The second kappa shape index (κ2) is 6.82. The highest BCUT2D eigenvalue weighted by Crippen LogP contribution is 2.36. The summed E-state index contributed by atoms with van der Waals surface area (Å²) < 4.78 is 0.757. The number of benzene rings is 1. The minimum Gasteiger partial charge on any atom is -0.374 e. The van der Waals surface area contributed by atoms with Crippen molar-refractivity contribution in [2.24, 2.45) is 0 Å². The Hall–Kier alpha value is -2.23. The van der Waals surface area contributed by atoms with E-state index in [9.17, 15) is 4.79 Å². The third-order valence-electron chi connectivity index (χ3n) is 3.88. The van der Waals surface area contributed by atoms with E-state index in [-0.39, 0.29) is 5.56 Å². The first kappa shape index (κ1) is 17.2. The molecule has 0 fully saturated rings. The molecule has 3 aromatic heterocycles. The minimum absolute atomic E-state index is 0.109. The first-order valence-electron chi connectivity index (χ1n) is 7.82. The lowest BCUT2D eigenvalue weighted by Crippen LogP contribution is -2.10. The van der Waals surface area contributed by atoms with Gasteiger partial charge in [-0.3, -0.25) is 4.79 Å². The molecular formula is C17H15N5OS3. The van der Waals surface area contributed by atoms with Crippen LogP contribution in [-0.4, -0.2) is 20.2 Å². The lowest BCUT2D eigenvalue weighted by atomic mass is 10.0. The zero-order valence-electron chi connectivity index (χ0n) is 14.1. The lowest BCUT2D eigenvalue weighted by Gasteiger charge is -2.03. The number of nitrogens with zero attached hydrogens (tertiary/aromatic N) is 3. The molecule has 0 saturated heterocycles. The van der Waals surface area contributed by atoms with Crippen molar-refractivity contribution in [2.45, 2.75) is 23.9 Å². The van der Waals surface area contributed by atoms with Gasteiger partial charge in [-0.2, -0.15) is 0 Å². The van der Waals surface area contributed by atoms with E-state index < -0.39 is 0 Å². The largest absolute Gasteiger partial charge is 0.374 e. The van der Waals surface area contributed by atoms with Crippen LogP contribution >= 0.6 is 34.4 Å². The van der Waals surface area contributed by atoms with Crippen LogP contribution in [0.15, 0.2) is 33.4 Å². The van der Waals surface area contributed by atoms with Gasteiger partial charge in [0.15, 0.2) is 4.34 Å². The van der Waals surface area contributed by atoms with E-state index in [0.717, 1.165) is 25.2 Å². The van der Waals surface area contributed by atoms with E-state index >= 15 is 0 Å². The minimum atomic E-state index is -0.109. The fraction of sp³-hybridized carbons (Fsp3) is 0.176. The van der Waals surface area contributed by atoms with Crippen LogP contribution < -0.4 is 11.3 Å². The standard InChI is InChI=1S/C17H15N5OS3/c1-8-3-5-10(6-4-8)12-9(2)25-15-13(12)14(23)19-11(20-15)7-24-17-22-21-16(18)26-17/h3-6H,7H2,1-2H3,(H2,18,21)(H,19,20,23). The van der Waals surface area contributed by atoms with Gasteiger partial charge in [0.2, 0.25) is 5.13 Å². The molecule has 6 nitrogen and oxygen atoms in total. The molecule has 132 valence electrons. The number of rotatable bonds is 4. The fourth-order valence-electron chi connectivity index (χ4n) is 2.71. The second-order valence-electron chi connectivity index (χ2n) is 5.79. The van der Waals surface area contributed by atoms with Crippen LogP contribution in [0.4, 0.5) is 5.13 Å². The topological polar surface area (TPSA) is 97.5 Å². The number of aromatic nitrogens is 4. The molecule has 0 amide bonds. The van der Waals surface area contributed by atoms with E-state index in [4.69, 9.17) is 5.73 Å². The third-order valence-corrected chi connectivity index (χ3v) is 6.78. The van der Waals surface area contributed by atoms with Crippen molar-refractivity contribution in [1.82, 2.24) is 20.2 Å². The number of H-pyrrole nitrogens is 1. The average molecular weight is 402 g/mol. The van der Waals surface area contributed by atoms with Gasteiger partial charge in [-0.25, -0.2) is 4.98 Å². The SMILES string of the molecule is Cc1ccc(-c2c(C)sc3nc(CSc4nnc(N)s4)[nH]c(=O)c23)cc1. The number of hydrogen-bond acceptors (Lipinski definition) is 8. The van der Waals surface area contributed by atoms with Crippen molar-refractivity contribution >= 4 is 49.8 Å². The predicted molar refractivity (Wildman–Crippen MR) is 109 cm³/mol. The zero-order chi connectivity index (χ0) is 18.3. The molecule has 4 aromatic rings. The summed E-state index contributed by atoms with van der Waals surface area (Å²) in [6.07, 6.45) is 0. The van der Waals surface area contributed by atoms with Gasteiger partial charge in [0, 0.05) is 10.4 Å². The van der Waals surface area contributed by atoms with Crippen molar-refractivity contribution in [3.63, 3.8) is 0 Å².